The zero-order valence-corrected chi connectivity index (χ0v) is 11.9. The minimum absolute atomic E-state index is 0.239. The lowest BCUT2D eigenvalue weighted by molar-refractivity contribution is 0.520. The molecule has 5 nitrogen and oxygen atoms in total. The van der Waals surface area contributed by atoms with Crippen molar-refractivity contribution in [3.05, 3.63) is 12.4 Å². The third-order valence-corrected chi connectivity index (χ3v) is 5.53. The Morgan fingerprint density at radius 1 is 1.44 bits per heavy atom. The van der Waals surface area contributed by atoms with Gasteiger partial charge in [-0.05, 0) is 12.3 Å². The lowest BCUT2D eigenvalue weighted by atomic mass is 10.1. The van der Waals surface area contributed by atoms with Gasteiger partial charge in [0.25, 0.3) is 0 Å². The molecule has 0 aromatic carbocycles. The lowest BCUT2D eigenvalue weighted by Gasteiger charge is -2.18. The fraction of sp³-hybridized carbons (Fsp3) is 0.750. The number of hydrogen-bond acceptors (Lipinski definition) is 3. The van der Waals surface area contributed by atoms with Gasteiger partial charge in [-0.3, -0.25) is 8.99 Å². The highest BCUT2D eigenvalue weighted by Crippen LogP contribution is 2.28. The van der Waals surface area contributed by atoms with E-state index in [1.165, 1.54) is 30.0 Å². The van der Waals surface area contributed by atoms with Gasteiger partial charge in [0, 0.05) is 20.3 Å². The Balaban J connectivity index is 1.97. The van der Waals surface area contributed by atoms with Gasteiger partial charge in [0.15, 0.2) is 0 Å². The summed E-state index contributed by atoms with van der Waals surface area (Å²) >= 11 is 0. The average molecular weight is 271 g/mol. The van der Waals surface area contributed by atoms with Crippen LogP contribution in [0.25, 0.3) is 0 Å². The molecule has 1 aliphatic carbocycles. The number of anilines is 1. The van der Waals surface area contributed by atoms with Gasteiger partial charge in [-0.25, -0.2) is 8.42 Å². The fourth-order valence-electron chi connectivity index (χ4n) is 2.48. The minimum Gasteiger partial charge on any atom is -0.274 e. The molecule has 1 aromatic heterocycles. The van der Waals surface area contributed by atoms with Gasteiger partial charge < -0.3 is 0 Å². The monoisotopic (exact) mass is 271 g/mol. The van der Waals surface area contributed by atoms with Crippen molar-refractivity contribution < 1.29 is 8.42 Å². The van der Waals surface area contributed by atoms with E-state index in [1.807, 2.05) is 0 Å². The summed E-state index contributed by atoms with van der Waals surface area (Å²) in [7, 11) is 0.171. The van der Waals surface area contributed by atoms with Crippen molar-refractivity contribution in [2.75, 3.05) is 17.1 Å². The molecule has 1 saturated carbocycles. The summed E-state index contributed by atoms with van der Waals surface area (Å²) < 4.78 is 27.3. The maximum absolute atomic E-state index is 12.2. The molecule has 0 unspecified atom stereocenters. The molecule has 0 amide bonds. The van der Waals surface area contributed by atoms with Gasteiger partial charge in [-0.2, -0.15) is 5.10 Å². The van der Waals surface area contributed by atoms with Gasteiger partial charge in [0.1, 0.15) is 0 Å². The van der Waals surface area contributed by atoms with Crippen molar-refractivity contribution in [2.45, 2.75) is 32.1 Å². The first kappa shape index (κ1) is 13.4. The van der Waals surface area contributed by atoms with E-state index in [9.17, 15) is 8.42 Å². The molecule has 18 heavy (non-hydrogen) atoms. The van der Waals surface area contributed by atoms with Crippen LogP contribution in [-0.2, 0) is 17.1 Å². The molecule has 0 atom stereocenters. The first-order valence-electron chi connectivity index (χ1n) is 6.44. The van der Waals surface area contributed by atoms with E-state index in [-0.39, 0.29) is 5.75 Å². The Morgan fingerprint density at radius 3 is 2.67 bits per heavy atom. The standard InChI is InChI=1S/C12H21N3O2S/c1-14-10-12(9-13-14)15(2)18(16,17)8-7-11-5-3-4-6-11/h9-11H,3-8H2,1-2H3. The largest absolute Gasteiger partial charge is 0.274 e. The van der Waals surface area contributed by atoms with Crippen LogP contribution >= 0.6 is 0 Å². The number of rotatable bonds is 5. The Kier molecular flexibility index (Phi) is 3.94. The maximum Gasteiger partial charge on any atom is 0.235 e. The highest BCUT2D eigenvalue weighted by molar-refractivity contribution is 7.92. The van der Waals surface area contributed by atoms with E-state index in [1.54, 1.807) is 31.2 Å². The molecule has 2 rings (SSSR count). The molecule has 1 fully saturated rings. The summed E-state index contributed by atoms with van der Waals surface area (Å²) in [5.74, 6) is 0.838. The maximum atomic E-state index is 12.2. The molecule has 1 aliphatic rings. The third-order valence-electron chi connectivity index (χ3n) is 3.73. The Morgan fingerprint density at radius 2 is 2.11 bits per heavy atom. The average Bonchev–Trinajstić information content (AvgIpc) is 2.96. The SMILES string of the molecule is CN(c1cnn(C)c1)S(=O)(=O)CCC1CCCC1. The van der Waals surface area contributed by atoms with Gasteiger partial charge in [0.05, 0.1) is 17.6 Å². The van der Waals surface area contributed by atoms with Crippen LogP contribution in [0.3, 0.4) is 0 Å². The topological polar surface area (TPSA) is 55.2 Å². The normalized spacial score (nSPS) is 17.2. The Hall–Kier alpha value is -1.04. The lowest BCUT2D eigenvalue weighted by Crippen LogP contribution is -2.29. The molecule has 0 N–H and O–H groups in total. The van der Waals surface area contributed by atoms with Crippen molar-refractivity contribution in [1.29, 1.82) is 0 Å². The summed E-state index contributed by atoms with van der Waals surface area (Å²) in [5, 5.41) is 4.00. The second kappa shape index (κ2) is 5.30. The van der Waals surface area contributed by atoms with Crippen molar-refractivity contribution >= 4 is 15.7 Å². The van der Waals surface area contributed by atoms with E-state index in [0.29, 0.717) is 11.6 Å². The molecule has 102 valence electrons. The smallest absolute Gasteiger partial charge is 0.235 e. The summed E-state index contributed by atoms with van der Waals surface area (Å²) in [6.07, 6.45) is 8.96. The predicted octanol–water partition coefficient (Wildman–Crippen LogP) is 1.77. The highest BCUT2D eigenvalue weighted by atomic mass is 32.2. The van der Waals surface area contributed by atoms with Crippen LogP contribution in [0.4, 0.5) is 5.69 Å². The van der Waals surface area contributed by atoms with Gasteiger partial charge in [0.2, 0.25) is 10.0 Å². The van der Waals surface area contributed by atoms with Gasteiger partial charge >= 0.3 is 0 Å². The molecule has 1 heterocycles. The molecular formula is C12H21N3O2S. The number of aromatic nitrogens is 2. The molecule has 0 spiro atoms. The Labute approximate surface area is 109 Å². The highest BCUT2D eigenvalue weighted by Gasteiger charge is 2.23. The van der Waals surface area contributed by atoms with Crippen molar-refractivity contribution in [1.82, 2.24) is 9.78 Å². The van der Waals surface area contributed by atoms with Gasteiger partial charge in [-0.1, -0.05) is 25.7 Å². The second-order valence-electron chi connectivity index (χ2n) is 5.09. The summed E-state index contributed by atoms with van der Waals surface area (Å²) in [6, 6.07) is 0. The molecule has 1 aromatic rings. The number of hydrogen-bond donors (Lipinski definition) is 0. The molecule has 0 saturated heterocycles. The van der Waals surface area contributed by atoms with Crippen LogP contribution in [0.5, 0.6) is 0 Å². The first-order valence-corrected chi connectivity index (χ1v) is 8.05. The zero-order chi connectivity index (χ0) is 13.2. The number of aryl methyl sites for hydroxylation is 1. The van der Waals surface area contributed by atoms with E-state index < -0.39 is 10.0 Å². The van der Waals surface area contributed by atoms with Crippen molar-refractivity contribution in [3.8, 4) is 0 Å². The van der Waals surface area contributed by atoms with Crippen molar-refractivity contribution in [3.63, 3.8) is 0 Å². The van der Waals surface area contributed by atoms with E-state index >= 15 is 0 Å². The molecule has 0 aliphatic heterocycles. The summed E-state index contributed by atoms with van der Waals surface area (Å²) in [5.41, 5.74) is 0.629. The van der Waals surface area contributed by atoms with Crippen LogP contribution < -0.4 is 4.31 Å². The van der Waals surface area contributed by atoms with Gasteiger partial charge in [-0.15, -0.1) is 0 Å². The molecule has 0 radical (unpaired) electrons. The quantitative estimate of drug-likeness (QED) is 0.820. The Bertz CT molecular complexity index is 489. The predicted molar refractivity (Wildman–Crippen MR) is 72.0 cm³/mol. The van der Waals surface area contributed by atoms with Crippen molar-refractivity contribution in [2.24, 2.45) is 13.0 Å². The number of nitrogens with zero attached hydrogens (tertiary/aromatic N) is 3. The fourth-order valence-corrected chi connectivity index (χ4v) is 3.80. The first-order chi connectivity index (χ1) is 8.49. The summed E-state index contributed by atoms with van der Waals surface area (Å²) in [6.45, 7) is 0. The molecular weight excluding hydrogens is 250 g/mol. The second-order valence-corrected chi connectivity index (χ2v) is 7.21. The van der Waals surface area contributed by atoms with Crippen LogP contribution in [0, 0.1) is 5.92 Å². The van der Waals surface area contributed by atoms with Crippen LogP contribution in [0.2, 0.25) is 0 Å². The molecule has 6 heteroatoms. The van der Waals surface area contributed by atoms with E-state index in [0.717, 1.165) is 6.42 Å². The van der Waals surface area contributed by atoms with Crippen LogP contribution in [0.15, 0.2) is 12.4 Å². The van der Waals surface area contributed by atoms with Crippen LogP contribution in [-0.4, -0.2) is 31.0 Å². The van der Waals surface area contributed by atoms with Crippen LogP contribution in [0.1, 0.15) is 32.1 Å². The molecule has 0 bridgehead atoms. The third kappa shape index (κ3) is 3.04. The zero-order valence-electron chi connectivity index (χ0n) is 11.0. The van der Waals surface area contributed by atoms with E-state index in [2.05, 4.69) is 5.10 Å². The van der Waals surface area contributed by atoms with E-state index in [4.69, 9.17) is 0 Å². The summed E-state index contributed by atoms with van der Waals surface area (Å²) in [4.78, 5) is 0. The number of sulfonamides is 1. The minimum atomic E-state index is -3.21.